The smallest absolute Gasteiger partial charge is 0.171 e. The molecule has 0 aliphatic heterocycles. The molecular weight excluding hydrogens is 302 g/mol. The third kappa shape index (κ3) is 11.4. The highest BCUT2D eigenvalue weighted by atomic mass is 14.9. The number of aromatic nitrogens is 1. The lowest BCUT2D eigenvalue weighted by atomic mass is 10.0. The number of hydrogen-bond acceptors (Lipinski definition) is 0. The lowest BCUT2D eigenvalue weighted by Gasteiger charge is -2.06. The van der Waals surface area contributed by atoms with Crippen LogP contribution in [0.25, 0.3) is 0 Å². The molecule has 144 valence electrons. The van der Waals surface area contributed by atoms with Gasteiger partial charge in [0.25, 0.3) is 0 Å². The molecule has 0 aliphatic rings. The van der Waals surface area contributed by atoms with Crippen molar-refractivity contribution in [1.82, 2.24) is 0 Å². The Morgan fingerprint density at radius 2 is 1.00 bits per heavy atom. The number of nitrogens with zero attached hydrogens (tertiary/aromatic N) is 1. The molecule has 1 aromatic heterocycles. The van der Waals surface area contributed by atoms with Gasteiger partial charge in [0.1, 0.15) is 6.54 Å². The van der Waals surface area contributed by atoms with Crippen LogP contribution in [0.1, 0.15) is 115 Å². The van der Waals surface area contributed by atoms with Gasteiger partial charge in [-0.2, -0.15) is 0 Å². The van der Waals surface area contributed by atoms with E-state index in [1.807, 2.05) is 0 Å². The molecule has 0 unspecified atom stereocenters. The standard InChI is InChI=1S/C24H44N/c1-4-7-10-11-12-13-16-19-25-21-23(17-14-8-5-2)20-24(22-25)18-15-9-6-3/h20-22H,4-19H2,1-3H3/q+1. The van der Waals surface area contributed by atoms with Crippen molar-refractivity contribution in [2.45, 2.75) is 124 Å². The highest BCUT2D eigenvalue weighted by molar-refractivity contribution is 5.15. The number of unbranched alkanes of at least 4 members (excludes halogenated alkanes) is 10. The van der Waals surface area contributed by atoms with E-state index in [-0.39, 0.29) is 0 Å². The maximum absolute atomic E-state index is 2.49. The van der Waals surface area contributed by atoms with Crippen LogP contribution >= 0.6 is 0 Å². The van der Waals surface area contributed by atoms with E-state index in [1.54, 1.807) is 11.1 Å². The summed E-state index contributed by atoms with van der Waals surface area (Å²) in [5, 5.41) is 0. The Balaban J connectivity index is 2.47. The average Bonchev–Trinajstić information content (AvgIpc) is 2.61. The Hall–Kier alpha value is -0.850. The van der Waals surface area contributed by atoms with Crippen molar-refractivity contribution < 1.29 is 4.57 Å². The van der Waals surface area contributed by atoms with E-state index in [1.165, 1.54) is 103 Å². The van der Waals surface area contributed by atoms with Gasteiger partial charge in [-0.25, -0.2) is 4.57 Å². The third-order valence-electron chi connectivity index (χ3n) is 5.19. The van der Waals surface area contributed by atoms with Gasteiger partial charge in [-0.15, -0.1) is 0 Å². The second-order valence-corrected chi connectivity index (χ2v) is 7.83. The van der Waals surface area contributed by atoms with Gasteiger partial charge in [-0.05, 0) is 38.2 Å². The minimum absolute atomic E-state index is 1.20. The summed E-state index contributed by atoms with van der Waals surface area (Å²) in [4.78, 5) is 0. The Morgan fingerprint density at radius 1 is 0.560 bits per heavy atom. The predicted molar refractivity (Wildman–Crippen MR) is 111 cm³/mol. The topological polar surface area (TPSA) is 3.88 Å². The summed E-state index contributed by atoms with van der Waals surface area (Å²) in [6, 6.07) is 2.48. The van der Waals surface area contributed by atoms with Crippen molar-refractivity contribution in [2.75, 3.05) is 0 Å². The summed E-state index contributed by atoms with van der Waals surface area (Å²) in [6.45, 7) is 8.09. The summed E-state index contributed by atoms with van der Waals surface area (Å²) in [5.74, 6) is 0. The molecule has 25 heavy (non-hydrogen) atoms. The predicted octanol–water partition coefficient (Wildman–Crippen LogP) is 7.19. The second-order valence-electron chi connectivity index (χ2n) is 7.83. The molecule has 0 bridgehead atoms. The van der Waals surface area contributed by atoms with Crippen molar-refractivity contribution >= 4 is 0 Å². The maximum atomic E-state index is 2.49. The van der Waals surface area contributed by atoms with E-state index < -0.39 is 0 Å². The molecule has 0 saturated heterocycles. The van der Waals surface area contributed by atoms with Gasteiger partial charge < -0.3 is 0 Å². The van der Waals surface area contributed by atoms with Gasteiger partial charge >= 0.3 is 0 Å². The van der Waals surface area contributed by atoms with E-state index in [4.69, 9.17) is 0 Å². The van der Waals surface area contributed by atoms with Crippen molar-refractivity contribution in [3.8, 4) is 0 Å². The van der Waals surface area contributed by atoms with Crippen LogP contribution in [0.15, 0.2) is 18.5 Å². The highest BCUT2D eigenvalue weighted by Crippen LogP contribution is 2.11. The minimum atomic E-state index is 1.20. The van der Waals surface area contributed by atoms with Gasteiger partial charge in [0.05, 0.1) is 0 Å². The summed E-state index contributed by atoms with van der Waals surface area (Å²) in [6.07, 6.45) is 25.2. The molecule has 1 rings (SSSR count). The minimum Gasteiger partial charge on any atom is -0.205 e. The van der Waals surface area contributed by atoms with Crippen LogP contribution in [0, 0.1) is 0 Å². The van der Waals surface area contributed by atoms with Crippen LogP contribution in [0.4, 0.5) is 0 Å². The first kappa shape index (κ1) is 22.2. The van der Waals surface area contributed by atoms with Crippen molar-refractivity contribution in [3.05, 3.63) is 29.6 Å². The lowest BCUT2D eigenvalue weighted by molar-refractivity contribution is -0.698. The normalized spacial score (nSPS) is 11.2. The highest BCUT2D eigenvalue weighted by Gasteiger charge is 2.08. The summed E-state index contributed by atoms with van der Waals surface area (Å²) >= 11 is 0. The molecule has 0 fully saturated rings. The molecule has 0 aromatic carbocycles. The van der Waals surface area contributed by atoms with Gasteiger partial charge in [0.15, 0.2) is 12.4 Å². The maximum Gasteiger partial charge on any atom is 0.171 e. The van der Waals surface area contributed by atoms with E-state index >= 15 is 0 Å². The molecule has 1 heterocycles. The van der Waals surface area contributed by atoms with Crippen LogP contribution in [-0.2, 0) is 19.4 Å². The fourth-order valence-corrected chi connectivity index (χ4v) is 3.59. The molecule has 0 atom stereocenters. The molecule has 0 spiro atoms. The van der Waals surface area contributed by atoms with Gasteiger partial charge in [-0.1, -0.05) is 78.6 Å². The van der Waals surface area contributed by atoms with Crippen molar-refractivity contribution in [1.29, 1.82) is 0 Å². The second kappa shape index (κ2) is 15.4. The van der Waals surface area contributed by atoms with Crippen LogP contribution in [0.5, 0.6) is 0 Å². The van der Waals surface area contributed by atoms with Crippen LogP contribution in [-0.4, -0.2) is 0 Å². The van der Waals surface area contributed by atoms with E-state index in [2.05, 4.69) is 43.8 Å². The first-order valence-electron chi connectivity index (χ1n) is 11.3. The summed E-state index contributed by atoms with van der Waals surface area (Å²) in [5.41, 5.74) is 3.12. The van der Waals surface area contributed by atoms with E-state index in [0.717, 1.165) is 0 Å². The van der Waals surface area contributed by atoms with E-state index in [0.29, 0.717) is 0 Å². The van der Waals surface area contributed by atoms with Crippen molar-refractivity contribution in [2.24, 2.45) is 0 Å². The zero-order valence-corrected chi connectivity index (χ0v) is 17.5. The molecule has 0 radical (unpaired) electrons. The molecular formula is C24H44N+. The monoisotopic (exact) mass is 346 g/mol. The van der Waals surface area contributed by atoms with Crippen LogP contribution < -0.4 is 4.57 Å². The van der Waals surface area contributed by atoms with Crippen LogP contribution in [0.2, 0.25) is 0 Å². The first-order chi connectivity index (χ1) is 12.3. The number of rotatable bonds is 16. The fraction of sp³-hybridized carbons (Fsp3) is 0.792. The first-order valence-corrected chi connectivity index (χ1v) is 11.3. The van der Waals surface area contributed by atoms with Crippen molar-refractivity contribution in [3.63, 3.8) is 0 Å². The summed E-state index contributed by atoms with van der Waals surface area (Å²) < 4.78 is 2.49. The number of hydrogen-bond donors (Lipinski definition) is 0. The number of aryl methyl sites for hydroxylation is 3. The average molecular weight is 347 g/mol. The Morgan fingerprint density at radius 3 is 1.52 bits per heavy atom. The Bertz CT molecular complexity index is 396. The molecule has 0 N–H and O–H groups in total. The molecule has 1 nitrogen and oxygen atoms in total. The molecule has 0 aliphatic carbocycles. The molecule has 0 saturated carbocycles. The fourth-order valence-electron chi connectivity index (χ4n) is 3.59. The SMILES string of the molecule is CCCCCCCCC[n+]1cc(CCCCC)cc(CCCCC)c1. The zero-order chi connectivity index (χ0) is 18.2. The number of pyridine rings is 1. The van der Waals surface area contributed by atoms with E-state index in [9.17, 15) is 0 Å². The van der Waals surface area contributed by atoms with Gasteiger partial charge in [0.2, 0.25) is 0 Å². The summed E-state index contributed by atoms with van der Waals surface area (Å²) in [7, 11) is 0. The van der Waals surface area contributed by atoms with Gasteiger partial charge in [-0.3, -0.25) is 0 Å². The molecule has 1 aromatic rings. The van der Waals surface area contributed by atoms with Gasteiger partial charge in [0, 0.05) is 17.5 Å². The van der Waals surface area contributed by atoms with Crippen LogP contribution in [0.3, 0.4) is 0 Å². The Kier molecular flexibility index (Phi) is 13.7. The largest absolute Gasteiger partial charge is 0.205 e. The zero-order valence-electron chi connectivity index (χ0n) is 17.5. The Labute approximate surface area is 158 Å². The molecule has 0 amide bonds. The quantitative estimate of drug-likeness (QED) is 0.220. The third-order valence-corrected chi connectivity index (χ3v) is 5.19. The lowest BCUT2D eigenvalue weighted by Crippen LogP contribution is -2.34. The molecule has 1 heteroatoms.